The van der Waals surface area contributed by atoms with Crippen molar-refractivity contribution in [2.75, 3.05) is 6.54 Å². The largest absolute Gasteiger partial charge is 0.345 e. The molecule has 0 radical (unpaired) electrons. The Morgan fingerprint density at radius 2 is 2.00 bits per heavy atom. The van der Waals surface area contributed by atoms with Crippen LogP contribution in [0, 0.1) is 6.92 Å². The van der Waals surface area contributed by atoms with Crippen molar-refractivity contribution >= 4 is 26.0 Å². The molecule has 1 aromatic carbocycles. The molecule has 2 heterocycles. The molecule has 1 aliphatic rings. The minimum Gasteiger partial charge on any atom is -0.276 e. The second-order valence-electron chi connectivity index (χ2n) is 5.22. The maximum atomic E-state index is 12.7. The van der Waals surface area contributed by atoms with Crippen LogP contribution in [0.1, 0.15) is 11.4 Å². The first-order valence-corrected chi connectivity index (χ1v) is 8.93. The van der Waals surface area contributed by atoms with E-state index in [0.717, 1.165) is 10.0 Å². The van der Waals surface area contributed by atoms with Crippen molar-refractivity contribution in [1.29, 1.82) is 0 Å². The fourth-order valence-electron chi connectivity index (χ4n) is 2.43. The van der Waals surface area contributed by atoms with E-state index in [2.05, 4.69) is 21.0 Å². The van der Waals surface area contributed by atoms with Gasteiger partial charge in [0.25, 0.3) is 0 Å². The average Bonchev–Trinajstić information content (AvgIpc) is 2.76. The SMILES string of the molecule is Cc1ccc(S(=O)(=O)N2CCn3c(nn(C)c3=O)C2)cc1Br. The molecule has 1 aromatic heterocycles. The molecule has 2 aromatic rings. The monoisotopic (exact) mass is 386 g/mol. The lowest BCUT2D eigenvalue weighted by molar-refractivity contribution is 0.332. The summed E-state index contributed by atoms with van der Waals surface area (Å²) >= 11 is 3.36. The van der Waals surface area contributed by atoms with Gasteiger partial charge in [-0.2, -0.15) is 9.40 Å². The van der Waals surface area contributed by atoms with Gasteiger partial charge in [0, 0.05) is 24.6 Å². The molecule has 0 saturated heterocycles. The molecule has 0 fully saturated rings. The molecule has 0 atom stereocenters. The summed E-state index contributed by atoms with van der Waals surface area (Å²) in [5.41, 5.74) is 0.751. The van der Waals surface area contributed by atoms with E-state index in [1.165, 1.54) is 13.6 Å². The molecule has 0 unspecified atom stereocenters. The van der Waals surface area contributed by atoms with E-state index in [1.54, 1.807) is 25.2 Å². The zero-order valence-electron chi connectivity index (χ0n) is 12.2. The molecule has 0 N–H and O–H groups in total. The molecule has 1 aliphatic heterocycles. The first-order chi connectivity index (χ1) is 10.3. The van der Waals surface area contributed by atoms with Crippen LogP contribution < -0.4 is 5.69 Å². The maximum absolute atomic E-state index is 12.7. The van der Waals surface area contributed by atoms with Crippen LogP contribution in [0.3, 0.4) is 0 Å². The molecular formula is C13H15BrN4O3S. The summed E-state index contributed by atoms with van der Waals surface area (Å²) < 4.78 is 30.3. The molecule has 118 valence electrons. The number of nitrogens with zero attached hydrogens (tertiary/aromatic N) is 4. The second kappa shape index (κ2) is 5.32. The summed E-state index contributed by atoms with van der Waals surface area (Å²) in [4.78, 5) is 12.0. The van der Waals surface area contributed by atoms with Crippen molar-refractivity contribution in [3.63, 3.8) is 0 Å². The van der Waals surface area contributed by atoms with Gasteiger partial charge in [0.2, 0.25) is 10.0 Å². The number of aromatic nitrogens is 3. The van der Waals surface area contributed by atoms with Crippen LogP contribution >= 0.6 is 15.9 Å². The van der Waals surface area contributed by atoms with Gasteiger partial charge in [0.15, 0.2) is 0 Å². The lowest BCUT2D eigenvalue weighted by atomic mass is 10.2. The quantitative estimate of drug-likeness (QED) is 0.766. The minimum absolute atomic E-state index is 0.101. The number of hydrogen-bond acceptors (Lipinski definition) is 4. The number of benzene rings is 1. The molecule has 0 spiro atoms. The molecule has 0 amide bonds. The Hall–Kier alpha value is -1.45. The normalized spacial score (nSPS) is 15.8. The lowest BCUT2D eigenvalue weighted by Gasteiger charge is -2.26. The fraction of sp³-hybridized carbons (Fsp3) is 0.385. The van der Waals surface area contributed by atoms with Crippen molar-refractivity contribution in [3.05, 3.63) is 44.5 Å². The van der Waals surface area contributed by atoms with Crippen molar-refractivity contribution in [3.8, 4) is 0 Å². The predicted octanol–water partition coefficient (Wildman–Crippen LogP) is 0.857. The van der Waals surface area contributed by atoms with Gasteiger partial charge in [0.05, 0.1) is 11.4 Å². The number of rotatable bonds is 2. The Bertz CT molecular complexity index is 900. The summed E-state index contributed by atoms with van der Waals surface area (Å²) in [6.07, 6.45) is 0. The Labute approximate surface area is 136 Å². The van der Waals surface area contributed by atoms with Crippen LogP contribution in [0.25, 0.3) is 0 Å². The van der Waals surface area contributed by atoms with Crippen LogP contribution in [0.4, 0.5) is 0 Å². The number of fused-ring (bicyclic) bond motifs is 1. The van der Waals surface area contributed by atoms with E-state index in [-0.39, 0.29) is 23.7 Å². The molecule has 0 saturated carbocycles. The van der Waals surface area contributed by atoms with Gasteiger partial charge in [-0.05, 0) is 24.6 Å². The highest BCUT2D eigenvalue weighted by atomic mass is 79.9. The average molecular weight is 387 g/mol. The number of hydrogen-bond donors (Lipinski definition) is 0. The van der Waals surface area contributed by atoms with Crippen LogP contribution in [-0.2, 0) is 30.2 Å². The van der Waals surface area contributed by atoms with Crippen molar-refractivity contribution in [1.82, 2.24) is 18.7 Å². The van der Waals surface area contributed by atoms with E-state index in [0.29, 0.717) is 12.4 Å². The third-order valence-corrected chi connectivity index (χ3v) is 6.45. The van der Waals surface area contributed by atoms with Crippen LogP contribution in [-0.4, -0.2) is 33.6 Å². The topological polar surface area (TPSA) is 77.2 Å². The van der Waals surface area contributed by atoms with Crippen LogP contribution in [0.2, 0.25) is 0 Å². The molecule has 0 aliphatic carbocycles. The molecule has 22 heavy (non-hydrogen) atoms. The summed E-state index contributed by atoms with van der Waals surface area (Å²) in [5.74, 6) is 0.466. The smallest absolute Gasteiger partial charge is 0.276 e. The van der Waals surface area contributed by atoms with E-state index < -0.39 is 10.0 Å². The van der Waals surface area contributed by atoms with E-state index in [4.69, 9.17) is 0 Å². The number of sulfonamides is 1. The van der Waals surface area contributed by atoms with Crippen LogP contribution in [0.5, 0.6) is 0 Å². The van der Waals surface area contributed by atoms with Gasteiger partial charge in [-0.1, -0.05) is 22.0 Å². The molecule has 3 rings (SSSR count). The summed E-state index contributed by atoms with van der Waals surface area (Å²) in [5, 5.41) is 4.09. The zero-order valence-corrected chi connectivity index (χ0v) is 14.6. The fourth-order valence-corrected chi connectivity index (χ4v) is 4.38. The van der Waals surface area contributed by atoms with Gasteiger partial charge in [-0.3, -0.25) is 4.57 Å². The highest BCUT2D eigenvalue weighted by Gasteiger charge is 2.30. The standard InChI is InChI=1S/C13H15BrN4O3S/c1-9-3-4-10(7-11(9)14)22(20,21)17-5-6-18-12(8-17)15-16(2)13(18)19/h3-4,7H,5-6,8H2,1-2H3. The zero-order chi connectivity index (χ0) is 16.1. The van der Waals surface area contributed by atoms with Gasteiger partial charge in [-0.25, -0.2) is 17.9 Å². The Morgan fingerprint density at radius 3 is 2.68 bits per heavy atom. The molecular weight excluding hydrogens is 372 g/mol. The minimum atomic E-state index is -3.61. The highest BCUT2D eigenvalue weighted by Crippen LogP contribution is 2.25. The van der Waals surface area contributed by atoms with Gasteiger partial charge in [0.1, 0.15) is 5.82 Å². The highest BCUT2D eigenvalue weighted by molar-refractivity contribution is 9.10. The molecule has 0 bridgehead atoms. The maximum Gasteiger partial charge on any atom is 0.345 e. The molecule has 7 nitrogen and oxygen atoms in total. The third-order valence-electron chi connectivity index (χ3n) is 3.76. The second-order valence-corrected chi connectivity index (χ2v) is 8.02. The van der Waals surface area contributed by atoms with Gasteiger partial charge in [-0.15, -0.1) is 0 Å². The van der Waals surface area contributed by atoms with Crippen molar-refractivity contribution in [2.24, 2.45) is 7.05 Å². The molecule has 9 heteroatoms. The summed E-state index contributed by atoms with van der Waals surface area (Å²) in [7, 11) is -2.05. The summed E-state index contributed by atoms with van der Waals surface area (Å²) in [6.45, 7) is 2.57. The Balaban J connectivity index is 1.97. The third kappa shape index (κ3) is 2.42. The summed E-state index contributed by atoms with van der Waals surface area (Å²) in [6, 6.07) is 4.96. The van der Waals surface area contributed by atoms with Gasteiger partial charge >= 0.3 is 5.69 Å². The Morgan fingerprint density at radius 1 is 1.27 bits per heavy atom. The number of halogens is 1. The van der Waals surface area contributed by atoms with Crippen LogP contribution in [0.15, 0.2) is 32.4 Å². The van der Waals surface area contributed by atoms with Gasteiger partial charge < -0.3 is 0 Å². The Kier molecular flexibility index (Phi) is 3.74. The van der Waals surface area contributed by atoms with Crippen molar-refractivity contribution in [2.45, 2.75) is 24.9 Å². The first kappa shape index (κ1) is 15.4. The van der Waals surface area contributed by atoms with E-state index in [1.807, 2.05) is 6.92 Å². The van der Waals surface area contributed by atoms with E-state index in [9.17, 15) is 13.2 Å². The first-order valence-electron chi connectivity index (χ1n) is 6.70. The van der Waals surface area contributed by atoms with Crippen molar-refractivity contribution < 1.29 is 8.42 Å². The number of aryl methyl sites for hydroxylation is 2. The predicted molar refractivity (Wildman–Crippen MR) is 83.9 cm³/mol. The lowest BCUT2D eigenvalue weighted by Crippen LogP contribution is -2.40. The van der Waals surface area contributed by atoms with E-state index >= 15 is 0 Å².